The Morgan fingerprint density at radius 1 is 0.900 bits per heavy atom. The Kier molecular flexibility index (Phi) is 13.2. The molecule has 3 heterocycles. The number of ether oxygens (including phenoxy) is 2. The molecule has 13 nitrogen and oxygen atoms in total. The Bertz CT molecular complexity index is 1620. The number of aromatic nitrogens is 1. The number of unbranched alkanes of at least 4 members (excludes halogenated alkanes) is 1. The summed E-state index contributed by atoms with van der Waals surface area (Å²) in [5.74, 6) is -0.885. The first-order valence-corrected chi connectivity index (χ1v) is 17.9. The highest BCUT2D eigenvalue weighted by Crippen LogP contribution is 2.31. The quantitative estimate of drug-likeness (QED) is 0.141. The van der Waals surface area contributed by atoms with Crippen molar-refractivity contribution in [1.29, 1.82) is 0 Å². The van der Waals surface area contributed by atoms with Crippen LogP contribution in [0.2, 0.25) is 0 Å². The molecule has 1 fully saturated rings. The van der Waals surface area contributed by atoms with Gasteiger partial charge in [0.2, 0.25) is 23.6 Å². The number of hydrogen-bond acceptors (Lipinski definition) is 9. The molecule has 2 aliphatic heterocycles. The van der Waals surface area contributed by atoms with Crippen LogP contribution in [0.1, 0.15) is 81.9 Å². The van der Waals surface area contributed by atoms with Crippen LogP contribution in [-0.4, -0.2) is 73.1 Å². The summed E-state index contributed by atoms with van der Waals surface area (Å²) in [7, 11) is 0. The van der Waals surface area contributed by atoms with E-state index in [1.54, 1.807) is 6.92 Å². The van der Waals surface area contributed by atoms with Gasteiger partial charge in [-0.3, -0.25) is 19.2 Å². The van der Waals surface area contributed by atoms with E-state index in [-0.39, 0.29) is 36.6 Å². The van der Waals surface area contributed by atoms with E-state index in [0.29, 0.717) is 81.9 Å². The van der Waals surface area contributed by atoms with Crippen molar-refractivity contribution in [1.82, 2.24) is 26.3 Å². The van der Waals surface area contributed by atoms with Crippen LogP contribution in [-0.2, 0) is 36.8 Å². The number of carbonyl (C=O) groups excluding carboxylic acids is 4. The lowest BCUT2D eigenvalue weighted by Gasteiger charge is -2.33. The van der Waals surface area contributed by atoms with E-state index in [4.69, 9.17) is 19.6 Å². The molecule has 5 rings (SSSR count). The summed E-state index contributed by atoms with van der Waals surface area (Å²) in [6, 6.07) is 10.2. The number of rotatable bonds is 16. The number of amides is 4. The van der Waals surface area contributed by atoms with Crippen LogP contribution >= 0.6 is 0 Å². The van der Waals surface area contributed by atoms with E-state index in [2.05, 4.69) is 26.3 Å². The fourth-order valence-electron chi connectivity index (χ4n) is 6.49. The highest BCUT2D eigenvalue weighted by Gasteiger charge is 2.36. The summed E-state index contributed by atoms with van der Waals surface area (Å²) in [6.07, 6.45) is 4.36. The SMILES string of the molecule is CCC(=O)N[C@@H](Cc1nc2ccc(CC)cc2o1)C(=O)N[C@H](C(=O)N[C@@H](CCCCN)C(=O)N[C@@H]1CCOc2ccccc21)C1CCOCC1. The van der Waals surface area contributed by atoms with E-state index in [9.17, 15) is 19.2 Å². The molecule has 0 aliphatic carbocycles. The summed E-state index contributed by atoms with van der Waals surface area (Å²) in [5.41, 5.74) is 8.98. The lowest BCUT2D eigenvalue weighted by molar-refractivity contribution is -0.135. The number of nitrogens with zero attached hydrogens (tertiary/aromatic N) is 1. The minimum Gasteiger partial charge on any atom is -0.493 e. The monoisotopic (exact) mass is 690 g/mol. The van der Waals surface area contributed by atoms with E-state index in [1.165, 1.54) is 0 Å². The molecule has 2 aromatic carbocycles. The zero-order valence-corrected chi connectivity index (χ0v) is 29.0. The minimum absolute atomic E-state index is 0.00742. The maximum Gasteiger partial charge on any atom is 0.243 e. The summed E-state index contributed by atoms with van der Waals surface area (Å²) in [5, 5.41) is 11.8. The highest BCUT2D eigenvalue weighted by molar-refractivity contribution is 5.94. The van der Waals surface area contributed by atoms with Crippen LogP contribution in [0.4, 0.5) is 0 Å². The molecular formula is C37H50N6O7. The maximum absolute atomic E-state index is 14.1. The number of oxazole rings is 1. The van der Waals surface area contributed by atoms with Crippen molar-refractivity contribution in [3.8, 4) is 5.75 Å². The number of para-hydroxylation sites is 1. The van der Waals surface area contributed by atoms with Gasteiger partial charge in [-0.15, -0.1) is 0 Å². The standard InChI is InChI=1S/C37H50N6O7/c1-3-23-12-13-27-31(21-23)50-33(40-27)22-29(39-32(44)4-2)36(46)43-34(24-14-18-48-19-15-24)37(47)42-28(10-7-8-17-38)35(45)41-26-16-20-49-30-11-6-5-9-25(26)30/h5-6,9,11-13,21,24,26,28-29,34H,3-4,7-8,10,14-20,22,38H2,1-2H3,(H,39,44)(H,41,45)(H,42,47)(H,43,46)/t26-,28+,29+,34+/m1/s1. The molecule has 2 aliphatic rings. The van der Waals surface area contributed by atoms with Gasteiger partial charge in [-0.25, -0.2) is 4.98 Å². The lowest BCUT2D eigenvalue weighted by atomic mass is 9.90. The van der Waals surface area contributed by atoms with Gasteiger partial charge in [0.1, 0.15) is 29.4 Å². The third-order valence-electron chi connectivity index (χ3n) is 9.43. The fraction of sp³-hybridized carbons (Fsp3) is 0.541. The molecule has 6 N–H and O–H groups in total. The van der Waals surface area contributed by atoms with Crippen LogP contribution in [0.3, 0.4) is 0 Å². The second-order valence-corrected chi connectivity index (χ2v) is 13.0. The molecule has 4 atom stereocenters. The minimum atomic E-state index is -1.05. The van der Waals surface area contributed by atoms with Crippen LogP contribution in [0, 0.1) is 5.92 Å². The van der Waals surface area contributed by atoms with Gasteiger partial charge in [-0.2, -0.15) is 0 Å². The Balaban J connectivity index is 1.34. The van der Waals surface area contributed by atoms with Crippen molar-refractivity contribution in [2.75, 3.05) is 26.4 Å². The second-order valence-electron chi connectivity index (χ2n) is 13.0. The van der Waals surface area contributed by atoms with Gasteiger partial charge in [0.05, 0.1) is 19.1 Å². The van der Waals surface area contributed by atoms with Crippen LogP contribution in [0.25, 0.3) is 11.1 Å². The van der Waals surface area contributed by atoms with Crippen molar-refractivity contribution in [3.05, 3.63) is 59.5 Å². The Morgan fingerprint density at radius 2 is 1.70 bits per heavy atom. The molecule has 0 spiro atoms. The van der Waals surface area contributed by atoms with Crippen molar-refractivity contribution < 1.29 is 33.1 Å². The number of benzene rings is 2. The van der Waals surface area contributed by atoms with Crippen LogP contribution in [0.15, 0.2) is 46.9 Å². The first kappa shape index (κ1) is 36.8. The van der Waals surface area contributed by atoms with Crippen molar-refractivity contribution in [2.45, 2.75) is 95.8 Å². The summed E-state index contributed by atoms with van der Waals surface area (Å²) in [4.78, 5) is 59.0. The first-order valence-electron chi connectivity index (χ1n) is 17.9. The summed E-state index contributed by atoms with van der Waals surface area (Å²) < 4.78 is 17.3. The number of nitrogens with two attached hydrogens (primary N) is 1. The Morgan fingerprint density at radius 3 is 2.46 bits per heavy atom. The van der Waals surface area contributed by atoms with Crippen LogP contribution in [0.5, 0.6) is 5.75 Å². The van der Waals surface area contributed by atoms with Gasteiger partial charge in [-0.05, 0) is 74.8 Å². The zero-order chi connectivity index (χ0) is 35.5. The molecule has 0 bridgehead atoms. The molecule has 1 aromatic heterocycles. The van der Waals surface area contributed by atoms with Gasteiger partial charge in [0, 0.05) is 31.6 Å². The molecule has 3 aromatic rings. The lowest BCUT2D eigenvalue weighted by Crippen LogP contribution is -2.59. The number of hydrogen-bond donors (Lipinski definition) is 5. The molecule has 1 saturated heterocycles. The molecular weight excluding hydrogens is 640 g/mol. The number of fused-ring (bicyclic) bond motifs is 2. The third-order valence-corrected chi connectivity index (χ3v) is 9.43. The number of aryl methyl sites for hydroxylation is 1. The average molecular weight is 691 g/mol. The topological polar surface area (TPSA) is 187 Å². The Labute approximate surface area is 292 Å². The van der Waals surface area contributed by atoms with Crippen molar-refractivity contribution in [2.24, 2.45) is 11.7 Å². The zero-order valence-electron chi connectivity index (χ0n) is 29.0. The van der Waals surface area contributed by atoms with E-state index < -0.39 is 29.9 Å². The molecule has 13 heteroatoms. The van der Waals surface area contributed by atoms with Crippen molar-refractivity contribution >= 4 is 34.7 Å². The van der Waals surface area contributed by atoms with Gasteiger partial charge < -0.3 is 40.9 Å². The second kappa shape index (κ2) is 18.0. The van der Waals surface area contributed by atoms with Gasteiger partial charge in [0.15, 0.2) is 11.5 Å². The largest absolute Gasteiger partial charge is 0.493 e. The number of nitrogens with one attached hydrogen (secondary N) is 4. The first-order chi connectivity index (χ1) is 24.3. The van der Waals surface area contributed by atoms with Crippen molar-refractivity contribution in [3.63, 3.8) is 0 Å². The van der Waals surface area contributed by atoms with E-state index in [1.807, 2.05) is 49.4 Å². The van der Waals surface area contributed by atoms with E-state index in [0.717, 1.165) is 23.3 Å². The predicted molar refractivity (Wildman–Crippen MR) is 187 cm³/mol. The average Bonchev–Trinajstić information content (AvgIpc) is 3.55. The third kappa shape index (κ3) is 9.60. The fourth-order valence-corrected chi connectivity index (χ4v) is 6.49. The molecule has 4 amide bonds. The van der Waals surface area contributed by atoms with E-state index >= 15 is 0 Å². The summed E-state index contributed by atoms with van der Waals surface area (Å²) in [6.45, 7) is 5.54. The van der Waals surface area contributed by atoms with Gasteiger partial charge >= 0.3 is 0 Å². The van der Waals surface area contributed by atoms with Gasteiger partial charge in [0.25, 0.3) is 0 Å². The predicted octanol–water partition coefficient (Wildman–Crippen LogP) is 2.99. The molecule has 0 unspecified atom stereocenters. The molecule has 0 saturated carbocycles. The van der Waals surface area contributed by atoms with Gasteiger partial charge in [-0.1, -0.05) is 38.1 Å². The smallest absolute Gasteiger partial charge is 0.243 e. The summed E-state index contributed by atoms with van der Waals surface area (Å²) >= 11 is 0. The van der Waals surface area contributed by atoms with Crippen LogP contribution < -0.4 is 31.7 Å². The highest BCUT2D eigenvalue weighted by atomic mass is 16.5. The molecule has 270 valence electrons. The maximum atomic E-state index is 14.1. The molecule has 0 radical (unpaired) electrons. The number of carbonyl (C=O) groups is 4. The normalized spacial score (nSPS) is 17.9. The Hall–Kier alpha value is -4.49. The molecule has 50 heavy (non-hydrogen) atoms.